The van der Waals surface area contributed by atoms with Gasteiger partial charge in [0.1, 0.15) is 6.54 Å². The highest BCUT2D eigenvalue weighted by atomic mass is 16.2. The van der Waals surface area contributed by atoms with Gasteiger partial charge in [-0.3, -0.25) is 14.1 Å². The minimum absolute atomic E-state index is 0.00429. The molecule has 2 aliphatic heterocycles. The van der Waals surface area contributed by atoms with E-state index in [1.165, 1.54) is 14.6 Å². The van der Waals surface area contributed by atoms with E-state index in [0.717, 1.165) is 45.6 Å². The SMILES string of the molecule is O=C(Cn1nc2ccccn2c1=O)N1CCC2(CCN(Cc3ccccc3)C2)C1. The van der Waals surface area contributed by atoms with Gasteiger partial charge in [-0.1, -0.05) is 36.4 Å². The lowest BCUT2D eigenvalue weighted by atomic mass is 9.86. The average Bonchev–Trinajstić information content (AvgIpc) is 3.42. The Bertz CT molecular complexity index is 1090. The number of nitrogens with zero attached hydrogens (tertiary/aromatic N) is 5. The van der Waals surface area contributed by atoms with E-state index >= 15 is 0 Å². The lowest BCUT2D eigenvalue weighted by Crippen LogP contribution is -2.37. The smallest absolute Gasteiger partial charge is 0.340 e. The average molecular weight is 391 g/mol. The summed E-state index contributed by atoms with van der Waals surface area (Å²) in [4.78, 5) is 29.7. The van der Waals surface area contributed by atoms with Crippen LogP contribution < -0.4 is 5.69 Å². The number of carbonyl (C=O) groups is 1. The van der Waals surface area contributed by atoms with Gasteiger partial charge in [-0.25, -0.2) is 9.48 Å². The lowest BCUT2D eigenvalue weighted by Gasteiger charge is -2.25. The Balaban J connectivity index is 1.23. The second-order valence-electron chi connectivity index (χ2n) is 8.38. The molecule has 2 saturated heterocycles. The van der Waals surface area contributed by atoms with Crippen LogP contribution in [0.2, 0.25) is 0 Å². The molecule has 29 heavy (non-hydrogen) atoms. The van der Waals surface area contributed by atoms with Crippen LogP contribution in [0.1, 0.15) is 18.4 Å². The number of amides is 1. The summed E-state index contributed by atoms with van der Waals surface area (Å²) in [5, 5.41) is 4.28. The van der Waals surface area contributed by atoms with E-state index in [0.29, 0.717) is 5.65 Å². The molecule has 5 rings (SSSR count). The van der Waals surface area contributed by atoms with Gasteiger partial charge in [0.15, 0.2) is 5.65 Å². The molecule has 0 radical (unpaired) electrons. The zero-order chi connectivity index (χ0) is 19.8. The third-order valence-corrected chi connectivity index (χ3v) is 6.33. The Morgan fingerprint density at radius 3 is 2.62 bits per heavy atom. The van der Waals surface area contributed by atoms with E-state index < -0.39 is 0 Å². The van der Waals surface area contributed by atoms with Crippen LogP contribution in [0.15, 0.2) is 59.5 Å². The molecule has 0 aliphatic carbocycles. The van der Waals surface area contributed by atoms with Crippen LogP contribution >= 0.6 is 0 Å². The normalized spacial score (nSPS) is 22.1. The number of hydrogen-bond donors (Lipinski definition) is 0. The first-order chi connectivity index (χ1) is 14.1. The van der Waals surface area contributed by atoms with Crippen molar-refractivity contribution < 1.29 is 4.79 Å². The summed E-state index contributed by atoms with van der Waals surface area (Å²) < 4.78 is 2.75. The van der Waals surface area contributed by atoms with Crippen LogP contribution in [0.3, 0.4) is 0 Å². The number of aromatic nitrogens is 3. The third-order valence-electron chi connectivity index (χ3n) is 6.33. The van der Waals surface area contributed by atoms with E-state index in [9.17, 15) is 9.59 Å². The monoisotopic (exact) mass is 391 g/mol. The van der Waals surface area contributed by atoms with Crippen molar-refractivity contribution in [1.29, 1.82) is 0 Å². The van der Waals surface area contributed by atoms with Crippen molar-refractivity contribution in [3.8, 4) is 0 Å². The number of fused-ring (bicyclic) bond motifs is 1. The molecule has 1 unspecified atom stereocenters. The number of benzene rings is 1. The highest BCUT2D eigenvalue weighted by molar-refractivity contribution is 5.76. The van der Waals surface area contributed by atoms with E-state index in [1.807, 2.05) is 17.0 Å². The van der Waals surface area contributed by atoms with Gasteiger partial charge in [0.2, 0.25) is 5.91 Å². The molecule has 7 nitrogen and oxygen atoms in total. The standard InChI is InChI=1S/C22H25N5O2/c28-20(15-27-21(29)26-11-5-4-8-19(26)23-27)25-13-10-22(17-25)9-12-24(16-22)14-18-6-2-1-3-7-18/h1-8,11H,9-10,12-17H2. The van der Waals surface area contributed by atoms with Gasteiger partial charge in [-0.05, 0) is 37.1 Å². The Morgan fingerprint density at radius 1 is 1.00 bits per heavy atom. The summed E-state index contributed by atoms with van der Waals surface area (Å²) in [6.45, 7) is 4.61. The maximum absolute atomic E-state index is 12.9. The molecule has 1 spiro atoms. The van der Waals surface area contributed by atoms with Gasteiger partial charge < -0.3 is 4.90 Å². The zero-order valence-electron chi connectivity index (χ0n) is 16.4. The predicted molar refractivity (Wildman–Crippen MR) is 109 cm³/mol. The second-order valence-corrected chi connectivity index (χ2v) is 8.38. The van der Waals surface area contributed by atoms with Gasteiger partial charge in [-0.2, -0.15) is 0 Å². The van der Waals surface area contributed by atoms with Crippen molar-refractivity contribution in [2.45, 2.75) is 25.9 Å². The van der Waals surface area contributed by atoms with E-state index in [4.69, 9.17) is 0 Å². The van der Waals surface area contributed by atoms with Crippen LogP contribution in [0.4, 0.5) is 0 Å². The molecule has 150 valence electrons. The first-order valence-electron chi connectivity index (χ1n) is 10.2. The van der Waals surface area contributed by atoms with E-state index in [1.54, 1.807) is 18.3 Å². The maximum atomic E-state index is 12.9. The van der Waals surface area contributed by atoms with Gasteiger partial charge in [0, 0.05) is 37.8 Å². The first kappa shape index (κ1) is 18.1. The first-order valence-corrected chi connectivity index (χ1v) is 10.2. The van der Waals surface area contributed by atoms with Crippen LogP contribution in [-0.2, 0) is 17.9 Å². The molecule has 1 atom stereocenters. The lowest BCUT2D eigenvalue weighted by molar-refractivity contribution is -0.131. The summed E-state index contributed by atoms with van der Waals surface area (Å²) in [7, 11) is 0. The highest BCUT2D eigenvalue weighted by Crippen LogP contribution is 2.40. The van der Waals surface area contributed by atoms with Crippen molar-refractivity contribution in [2.75, 3.05) is 26.2 Å². The summed E-state index contributed by atoms with van der Waals surface area (Å²) in [5.41, 5.74) is 1.82. The molecular weight excluding hydrogens is 366 g/mol. The Kier molecular flexibility index (Phi) is 4.47. The minimum atomic E-state index is -0.266. The van der Waals surface area contributed by atoms with Gasteiger partial charge in [-0.15, -0.1) is 5.10 Å². The molecule has 7 heteroatoms. The second kappa shape index (κ2) is 7.15. The fourth-order valence-corrected chi connectivity index (χ4v) is 4.78. The van der Waals surface area contributed by atoms with Crippen molar-refractivity contribution in [2.24, 2.45) is 5.41 Å². The van der Waals surface area contributed by atoms with Crippen LogP contribution in [-0.4, -0.2) is 56.1 Å². The molecule has 0 N–H and O–H groups in total. The van der Waals surface area contributed by atoms with Gasteiger partial charge in [0.05, 0.1) is 0 Å². The Morgan fingerprint density at radius 2 is 1.79 bits per heavy atom. The molecule has 4 heterocycles. The zero-order valence-corrected chi connectivity index (χ0v) is 16.4. The van der Waals surface area contributed by atoms with Gasteiger partial charge in [0.25, 0.3) is 0 Å². The fraction of sp³-hybridized carbons (Fsp3) is 0.409. The number of carbonyl (C=O) groups excluding carboxylic acids is 1. The molecule has 1 aromatic carbocycles. The van der Waals surface area contributed by atoms with Crippen LogP contribution in [0, 0.1) is 5.41 Å². The molecule has 0 saturated carbocycles. The van der Waals surface area contributed by atoms with Crippen molar-refractivity contribution in [1.82, 2.24) is 24.0 Å². The molecular formula is C22H25N5O2. The predicted octanol–water partition coefficient (Wildman–Crippen LogP) is 1.62. The number of rotatable bonds is 4. The van der Waals surface area contributed by atoms with E-state index in [-0.39, 0.29) is 23.6 Å². The van der Waals surface area contributed by atoms with Crippen LogP contribution in [0.5, 0.6) is 0 Å². The Labute approximate surface area is 169 Å². The molecule has 3 aromatic rings. The molecule has 0 bridgehead atoms. The largest absolute Gasteiger partial charge is 0.350 e. The number of likely N-dealkylation sites (tertiary alicyclic amines) is 2. The van der Waals surface area contributed by atoms with Gasteiger partial charge >= 0.3 is 5.69 Å². The Hall–Kier alpha value is -2.93. The number of hydrogen-bond acceptors (Lipinski definition) is 4. The van der Waals surface area contributed by atoms with Crippen LogP contribution in [0.25, 0.3) is 5.65 Å². The molecule has 2 fully saturated rings. The van der Waals surface area contributed by atoms with Crippen molar-refractivity contribution in [3.63, 3.8) is 0 Å². The fourth-order valence-electron chi connectivity index (χ4n) is 4.78. The molecule has 2 aromatic heterocycles. The van der Waals surface area contributed by atoms with Crippen molar-refractivity contribution >= 4 is 11.6 Å². The van der Waals surface area contributed by atoms with Crippen molar-refractivity contribution in [3.05, 3.63) is 70.8 Å². The molecule has 2 aliphatic rings. The quantitative estimate of drug-likeness (QED) is 0.678. The summed E-state index contributed by atoms with van der Waals surface area (Å²) >= 11 is 0. The topological polar surface area (TPSA) is 62.9 Å². The maximum Gasteiger partial charge on any atom is 0.350 e. The number of pyridine rings is 1. The summed E-state index contributed by atoms with van der Waals surface area (Å²) in [5.74, 6) is -0.0195. The highest BCUT2D eigenvalue weighted by Gasteiger charge is 2.44. The summed E-state index contributed by atoms with van der Waals surface area (Å²) in [6.07, 6.45) is 3.83. The third kappa shape index (κ3) is 3.46. The van der Waals surface area contributed by atoms with E-state index in [2.05, 4.69) is 34.3 Å². The molecule has 1 amide bonds. The minimum Gasteiger partial charge on any atom is -0.340 e. The summed E-state index contributed by atoms with van der Waals surface area (Å²) in [6, 6.07) is 15.9.